The van der Waals surface area contributed by atoms with Gasteiger partial charge in [-0.3, -0.25) is 0 Å². The molecule has 84 valence electrons. The predicted molar refractivity (Wildman–Crippen MR) is 64.9 cm³/mol. The van der Waals surface area contributed by atoms with E-state index in [1.54, 1.807) is 6.07 Å². The van der Waals surface area contributed by atoms with Gasteiger partial charge in [0.05, 0.1) is 6.10 Å². The number of rotatable bonds is 3. The van der Waals surface area contributed by atoms with Crippen molar-refractivity contribution in [3.63, 3.8) is 0 Å². The second-order valence-corrected chi connectivity index (χ2v) is 3.17. The fourth-order valence-electron chi connectivity index (χ4n) is 1.04. The Morgan fingerprint density at radius 3 is 2.40 bits per heavy atom. The molecule has 1 aromatic carbocycles. The number of para-hydroxylation sites is 2. The van der Waals surface area contributed by atoms with Gasteiger partial charge in [-0.15, -0.1) is 12.4 Å². The van der Waals surface area contributed by atoms with Gasteiger partial charge in [0.25, 0.3) is 0 Å². The van der Waals surface area contributed by atoms with Crippen molar-refractivity contribution in [2.45, 2.75) is 20.0 Å². The van der Waals surface area contributed by atoms with Crippen LogP contribution in [0, 0.1) is 0 Å². The highest BCUT2D eigenvalue weighted by molar-refractivity contribution is 5.85. The van der Waals surface area contributed by atoms with Crippen molar-refractivity contribution in [1.29, 1.82) is 0 Å². The van der Waals surface area contributed by atoms with Gasteiger partial charge in [-0.2, -0.15) is 0 Å². The van der Waals surface area contributed by atoms with Crippen molar-refractivity contribution in [3.8, 4) is 5.75 Å². The second kappa shape index (κ2) is 6.14. The van der Waals surface area contributed by atoms with Crippen molar-refractivity contribution in [2.24, 2.45) is 16.5 Å². The van der Waals surface area contributed by atoms with Crippen LogP contribution >= 0.6 is 12.4 Å². The molecule has 5 heteroatoms. The maximum atomic E-state index is 5.53. The predicted octanol–water partition coefficient (Wildman–Crippen LogP) is 1.80. The van der Waals surface area contributed by atoms with Crippen LogP contribution in [0.25, 0.3) is 0 Å². The number of halogens is 1. The molecule has 1 aromatic rings. The maximum absolute atomic E-state index is 5.53. The lowest BCUT2D eigenvalue weighted by atomic mass is 10.3. The van der Waals surface area contributed by atoms with E-state index < -0.39 is 0 Å². The van der Waals surface area contributed by atoms with E-state index in [-0.39, 0.29) is 24.5 Å². The van der Waals surface area contributed by atoms with Crippen molar-refractivity contribution in [1.82, 2.24) is 0 Å². The highest BCUT2D eigenvalue weighted by Crippen LogP contribution is 2.27. The van der Waals surface area contributed by atoms with Crippen LogP contribution in [0.1, 0.15) is 13.8 Å². The van der Waals surface area contributed by atoms with Crippen molar-refractivity contribution in [3.05, 3.63) is 24.3 Å². The van der Waals surface area contributed by atoms with Gasteiger partial charge < -0.3 is 16.2 Å². The quantitative estimate of drug-likeness (QED) is 0.613. The molecule has 0 bridgehead atoms. The molecule has 0 aliphatic rings. The first-order valence-electron chi connectivity index (χ1n) is 4.45. The van der Waals surface area contributed by atoms with E-state index in [0.29, 0.717) is 11.4 Å². The monoisotopic (exact) mass is 229 g/mol. The lowest BCUT2D eigenvalue weighted by molar-refractivity contribution is 0.243. The third kappa shape index (κ3) is 4.56. The second-order valence-electron chi connectivity index (χ2n) is 3.17. The molecule has 0 heterocycles. The summed E-state index contributed by atoms with van der Waals surface area (Å²) in [4.78, 5) is 3.96. The zero-order valence-electron chi connectivity index (χ0n) is 8.81. The summed E-state index contributed by atoms with van der Waals surface area (Å²) in [5.41, 5.74) is 11.2. The van der Waals surface area contributed by atoms with Crippen LogP contribution in [0.2, 0.25) is 0 Å². The van der Waals surface area contributed by atoms with Gasteiger partial charge in [0, 0.05) is 0 Å². The smallest absolute Gasteiger partial charge is 0.191 e. The minimum atomic E-state index is 0. The Bertz CT molecular complexity index is 335. The van der Waals surface area contributed by atoms with E-state index in [1.807, 2.05) is 32.0 Å². The van der Waals surface area contributed by atoms with Gasteiger partial charge in [0.1, 0.15) is 11.4 Å². The number of hydrogen-bond donors (Lipinski definition) is 2. The zero-order chi connectivity index (χ0) is 10.6. The first kappa shape index (κ1) is 13.6. The molecular weight excluding hydrogens is 214 g/mol. The molecule has 0 aromatic heterocycles. The fraction of sp³-hybridized carbons (Fsp3) is 0.300. The third-order valence-electron chi connectivity index (χ3n) is 1.48. The molecule has 0 saturated heterocycles. The summed E-state index contributed by atoms with van der Waals surface area (Å²) >= 11 is 0. The molecule has 0 atom stereocenters. The number of nitrogens with two attached hydrogens (primary N) is 2. The Morgan fingerprint density at radius 1 is 1.27 bits per heavy atom. The van der Waals surface area contributed by atoms with Crippen LogP contribution in [0.4, 0.5) is 5.69 Å². The molecule has 0 spiro atoms. The molecular formula is C10H16ClN3O. The Labute approximate surface area is 95.7 Å². The lowest BCUT2D eigenvalue weighted by Crippen LogP contribution is -2.22. The molecule has 0 unspecified atom stereocenters. The molecule has 0 radical (unpaired) electrons. The molecule has 0 saturated carbocycles. The molecule has 4 N–H and O–H groups in total. The van der Waals surface area contributed by atoms with Gasteiger partial charge in [-0.1, -0.05) is 12.1 Å². The summed E-state index contributed by atoms with van der Waals surface area (Å²) in [6.07, 6.45) is 0.102. The molecule has 0 aliphatic carbocycles. The van der Waals surface area contributed by atoms with Gasteiger partial charge in [0.2, 0.25) is 0 Å². The van der Waals surface area contributed by atoms with Crippen LogP contribution < -0.4 is 16.2 Å². The highest BCUT2D eigenvalue weighted by Gasteiger charge is 2.03. The standard InChI is InChI=1S/C10H15N3O.ClH/c1-7(2)14-9-6-4-3-5-8(9)13-10(11)12;/h3-7H,1-2H3,(H4,11,12,13);1H. The maximum Gasteiger partial charge on any atom is 0.191 e. The van der Waals surface area contributed by atoms with Gasteiger partial charge in [-0.25, -0.2) is 4.99 Å². The van der Waals surface area contributed by atoms with E-state index in [0.717, 1.165) is 0 Å². The Morgan fingerprint density at radius 2 is 1.87 bits per heavy atom. The summed E-state index contributed by atoms with van der Waals surface area (Å²) < 4.78 is 5.53. The minimum Gasteiger partial charge on any atom is -0.489 e. The third-order valence-corrected chi connectivity index (χ3v) is 1.48. The summed E-state index contributed by atoms with van der Waals surface area (Å²) in [5, 5.41) is 0. The summed E-state index contributed by atoms with van der Waals surface area (Å²) in [7, 11) is 0. The van der Waals surface area contributed by atoms with E-state index in [2.05, 4.69) is 4.99 Å². The Kier molecular flexibility index (Phi) is 5.56. The number of aliphatic imine (C=N–C) groups is 1. The van der Waals surface area contributed by atoms with E-state index in [4.69, 9.17) is 16.2 Å². The van der Waals surface area contributed by atoms with Crippen LogP contribution in [-0.4, -0.2) is 12.1 Å². The highest BCUT2D eigenvalue weighted by atomic mass is 35.5. The summed E-state index contributed by atoms with van der Waals surface area (Å²) in [6, 6.07) is 7.37. The van der Waals surface area contributed by atoms with Crippen LogP contribution in [0.3, 0.4) is 0 Å². The lowest BCUT2D eigenvalue weighted by Gasteiger charge is -2.11. The fourth-order valence-corrected chi connectivity index (χ4v) is 1.04. The van der Waals surface area contributed by atoms with Crippen molar-refractivity contribution >= 4 is 24.1 Å². The molecule has 1 rings (SSSR count). The number of benzene rings is 1. The average Bonchev–Trinajstić information content (AvgIpc) is 2.06. The normalized spacial score (nSPS) is 9.27. The first-order chi connectivity index (χ1) is 6.59. The van der Waals surface area contributed by atoms with Crippen LogP contribution in [0.15, 0.2) is 29.3 Å². The number of hydrogen-bond acceptors (Lipinski definition) is 2. The van der Waals surface area contributed by atoms with Gasteiger partial charge in [0.15, 0.2) is 5.96 Å². The SMILES string of the molecule is CC(C)Oc1ccccc1N=C(N)N.Cl. The molecule has 0 aliphatic heterocycles. The van der Waals surface area contributed by atoms with Gasteiger partial charge >= 0.3 is 0 Å². The Balaban J connectivity index is 0.00000196. The topological polar surface area (TPSA) is 73.6 Å². The van der Waals surface area contributed by atoms with E-state index in [9.17, 15) is 0 Å². The number of ether oxygens (including phenoxy) is 1. The number of guanidine groups is 1. The van der Waals surface area contributed by atoms with Crippen LogP contribution in [0.5, 0.6) is 5.75 Å². The van der Waals surface area contributed by atoms with E-state index >= 15 is 0 Å². The Hall–Kier alpha value is -1.42. The van der Waals surface area contributed by atoms with Crippen LogP contribution in [-0.2, 0) is 0 Å². The van der Waals surface area contributed by atoms with Gasteiger partial charge in [-0.05, 0) is 26.0 Å². The first-order valence-corrected chi connectivity index (χ1v) is 4.45. The molecule has 15 heavy (non-hydrogen) atoms. The molecule has 0 amide bonds. The molecule has 4 nitrogen and oxygen atoms in total. The zero-order valence-corrected chi connectivity index (χ0v) is 9.62. The summed E-state index contributed by atoms with van der Waals surface area (Å²) in [5.74, 6) is 0.723. The number of nitrogens with zero attached hydrogens (tertiary/aromatic N) is 1. The average molecular weight is 230 g/mol. The van der Waals surface area contributed by atoms with E-state index in [1.165, 1.54) is 0 Å². The van der Waals surface area contributed by atoms with Crippen molar-refractivity contribution in [2.75, 3.05) is 0 Å². The minimum absolute atomic E-state index is 0. The largest absolute Gasteiger partial charge is 0.489 e. The van der Waals surface area contributed by atoms with Crippen molar-refractivity contribution < 1.29 is 4.74 Å². The molecule has 0 fully saturated rings. The summed E-state index contributed by atoms with van der Waals surface area (Å²) in [6.45, 7) is 3.90.